The number of fused-ring (bicyclic) bond motifs is 1. The molecule has 0 N–H and O–H groups in total. The van der Waals surface area contributed by atoms with Gasteiger partial charge in [-0.15, -0.1) is 23.1 Å². The maximum absolute atomic E-state index is 11.7. The lowest BCUT2D eigenvalue weighted by Gasteiger charge is -2.06. The van der Waals surface area contributed by atoms with Crippen LogP contribution < -0.4 is 0 Å². The number of benzene rings is 2. The number of esters is 4. The van der Waals surface area contributed by atoms with Crippen molar-refractivity contribution in [3.05, 3.63) is 64.5 Å². The van der Waals surface area contributed by atoms with Crippen molar-refractivity contribution in [3.63, 3.8) is 0 Å². The van der Waals surface area contributed by atoms with Gasteiger partial charge in [0.25, 0.3) is 0 Å². The molecule has 9 nitrogen and oxygen atoms in total. The predicted molar refractivity (Wildman–Crippen MR) is 148 cm³/mol. The van der Waals surface area contributed by atoms with E-state index in [-0.39, 0.29) is 42.9 Å². The Morgan fingerprint density at radius 1 is 0.795 bits per heavy atom. The van der Waals surface area contributed by atoms with Crippen LogP contribution in [0.2, 0.25) is 0 Å². The van der Waals surface area contributed by atoms with Crippen LogP contribution in [-0.2, 0) is 39.8 Å². The van der Waals surface area contributed by atoms with E-state index in [4.69, 9.17) is 14.2 Å². The number of rotatable bonds is 11. The number of ketones is 1. The van der Waals surface area contributed by atoms with Crippen LogP contribution in [0.25, 0.3) is 10.1 Å². The highest BCUT2D eigenvalue weighted by atomic mass is 32.2. The summed E-state index contributed by atoms with van der Waals surface area (Å²) in [6.07, 6.45) is -0.0281. The second-order valence-electron chi connectivity index (χ2n) is 7.71. The summed E-state index contributed by atoms with van der Waals surface area (Å²) in [5.41, 5.74) is 1.81. The molecule has 0 aliphatic heterocycles. The molecule has 0 radical (unpaired) electrons. The topological polar surface area (TPSA) is 122 Å². The fraction of sp³-hybridized carbons (Fsp3) is 0.321. The number of hydrogen-bond donors (Lipinski definition) is 0. The van der Waals surface area contributed by atoms with Gasteiger partial charge in [0.05, 0.1) is 50.7 Å². The molecule has 0 saturated carbocycles. The first kappa shape index (κ1) is 31.5. The summed E-state index contributed by atoms with van der Waals surface area (Å²) in [5.74, 6) is -1.74. The fourth-order valence-corrected chi connectivity index (χ4v) is 5.31. The molecule has 39 heavy (non-hydrogen) atoms. The van der Waals surface area contributed by atoms with Crippen molar-refractivity contribution in [2.24, 2.45) is 0 Å². The molecule has 0 atom stereocenters. The minimum Gasteiger partial charge on any atom is -0.466 e. The third-order valence-corrected chi connectivity index (χ3v) is 7.26. The zero-order chi connectivity index (χ0) is 28.8. The Bertz CT molecular complexity index is 1310. The van der Waals surface area contributed by atoms with Crippen LogP contribution >= 0.6 is 23.1 Å². The van der Waals surface area contributed by atoms with Crippen molar-refractivity contribution < 1.29 is 42.9 Å². The highest BCUT2D eigenvalue weighted by Crippen LogP contribution is 2.30. The van der Waals surface area contributed by atoms with Crippen LogP contribution in [0.4, 0.5) is 0 Å². The van der Waals surface area contributed by atoms with E-state index in [0.29, 0.717) is 22.6 Å². The fourth-order valence-electron chi connectivity index (χ4n) is 3.34. The molecular weight excluding hydrogens is 544 g/mol. The standard InChI is InChI=1S/C14H16O5S.C14H14O4S/c1-3-19-13(16)8-10(15)9-20-12-7-5-4-6-11(12)14(17)18-2;1-3-18-12(15)7-9-8-19-13-10(9)5-4-6-11(13)14(16)17-2/h4-7H,3,8-9H2,1-2H3;4-6,8H,3,7H2,1-2H3. The van der Waals surface area contributed by atoms with Gasteiger partial charge in [0, 0.05) is 9.60 Å². The lowest BCUT2D eigenvalue weighted by molar-refractivity contribution is -0.145. The molecule has 0 fully saturated rings. The van der Waals surface area contributed by atoms with Crippen molar-refractivity contribution in [3.8, 4) is 0 Å². The number of carbonyl (C=O) groups is 5. The normalized spacial score (nSPS) is 10.2. The minimum atomic E-state index is -0.528. The zero-order valence-corrected chi connectivity index (χ0v) is 23.8. The van der Waals surface area contributed by atoms with E-state index in [1.54, 1.807) is 50.2 Å². The average Bonchev–Trinajstić information content (AvgIpc) is 3.34. The van der Waals surface area contributed by atoms with E-state index in [0.717, 1.165) is 15.6 Å². The highest BCUT2D eigenvalue weighted by molar-refractivity contribution is 8.00. The summed E-state index contributed by atoms with van der Waals surface area (Å²) in [6.45, 7) is 4.08. The van der Waals surface area contributed by atoms with Gasteiger partial charge in [-0.2, -0.15) is 0 Å². The quantitative estimate of drug-likeness (QED) is 0.135. The molecule has 208 valence electrons. The SMILES string of the molecule is CCOC(=O)CC(=O)CSc1ccccc1C(=O)OC.CCOC(=O)Cc1csc2c(C(=O)OC)cccc12. The molecule has 3 aromatic rings. The Hall–Kier alpha value is -3.70. The summed E-state index contributed by atoms with van der Waals surface area (Å²) in [4.78, 5) is 58.1. The second kappa shape index (κ2) is 16.3. The molecule has 0 unspecified atom stereocenters. The van der Waals surface area contributed by atoms with Gasteiger partial charge >= 0.3 is 23.9 Å². The van der Waals surface area contributed by atoms with Gasteiger partial charge < -0.3 is 18.9 Å². The maximum Gasteiger partial charge on any atom is 0.339 e. The number of methoxy groups -OCH3 is 2. The molecule has 1 aromatic heterocycles. The van der Waals surface area contributed by atoms with Crippen LogP contribution in [0, 0.1) is 0 Å². The Morgan fingerprint density at radius 3 is 2.08 bits per heavy atom. The van der Waals surface area contributed by atoms with Gasteiger partial charge in [-0.05, 0) is 48.4 Å². The summed E-state index contributed by atoms with van der Waals surface area (Å²) >= 11 is 2.64. The zero-order valence-electron chi connectivity index (χ0n) is 22.1. The van der Waals surface area contributed by atoms with Crippen molar-refractivity contribution in [1.29, 1.82) is 0 Å². The molecule has 11 heteroatoms. The first-order valence-electron chi connectivity index (χ1n) is 12.0. The first-order valence-corrected chi connectivity index (χ1v) is 13.8. The van der Waals surface area contributed by atoms with Crippen LogP contribution in [0.15, 0.2) is 52.7 Å². The summed E-state index contributed by atoms with van der Waals surface area (Å²) in [5, 5.41) is 2.79. The van der Waals surface area contributed by atoms with E-state index in [1.807, 2.05) is 11.4 Å². The van der Waals surface area contributed by atoms with E-state index < -0.39 is 11.9 Å². The predicted octanol–water partition coefficient (Wildman–Crippen LogP) is 4.88. The second-order valence-corrected chi connectivity index (χ2v) is 9.61. The van der Waals surface area contributed by atoms with E-state index in [2.05, 4.69) is 4.74 Å². The van der Waals surface area contributed by atoms with Crippen molar-refractivity contribution in [1.82, 2.24) is 0 Å². The van der Waals surface area contributed by atoms with Crippen LogP contribution in [-0.4, -0.2) is 62.8 Å². The third kappa shape index (κ3) is 9.52. The average molecular weight is 575 g/mol. The Morgan fingerprint density at radius 2 is 1.41 bits per heavy atom. The smallest absolute Gasteiger partial charge is 0.339 e. The summed E-state index contributed by atoms with van der Waals surface area (Å²) in [6, 6.07) is 12.3. The summed E-state index contributed by atoms with van der Waals surface area (Å²) < 4.78 is 19.9. The lowest BCUT2D eigenvalue weighted by Crippen LogP contribution is -2.13. The van der Waals surface area contributed by atoms with E-state index >= 15 is 0 Å². The minimum absolute atomic E-state index is 0.104. The molecule has 3 rings (SSSR count). The van der Waals surface area contributed by atoms with Gasteiger partial charge in [0.1, 0.15) is 6.42 Å². The largest absolute Gasteiger partial charge is 0.466 e. The molecule has 0 aliphatic carbocycles. The number of ether oxygens (including phenoxy) is 4. The first-order chi connectivity index (χ1) is 18.7. The van der Waals surface area contributed by atoms with Crippen molar-refractivity contribution >= 4 is 62.8 Å². The van der Waals surface area contributed by atoms with Gasteiger partial charge in [-0.3, -0.25) is 14.4 Å². The Labute approximate surface area is 234 Å². The number of carbonyl (C=O) groups excluding carboxylic acids is 5. The maximum atomic E-state index is 11.7. The van der Waals surface area contributed by atoms with Gasteiger partial charge in [-0.25, -0.2) is 9.59 Å². The number of Topliss-reactive ketones (excluding diaryl/α,β-unsaturated/α-hetero) is 1. The van der Waals surface area contributed by atoms with Crippen LogP contribution in [0.1, 0.15) is 46.5 Å². The Balaban J connectivity index is 0.000000274. The van der Waals surface area contributed by atoms with E-state index in [1.165, 1.54) is 37.3 Å². The number of thiophene rings is 1. The van der Waals surface area contributed by atoms with Crippen molar-refractivity contribution in [2.45, 2.75) is 31.6 Å². The monoisotopic (exact) mass is 574 g/mol. The van der Waals surface area contributed by atoms with E-state index in [9.17, 15) is 24.0 Å². The third-order valence-electron chi connectivity index (χ3n) is 5.05. The van der Waals surface area contributed by atoms with Gasteiger partial charge in [0.2, 0.25) is 0 Å². The molecule has 0 aliphatic rings. The summed E-state index contributed by atoms with van der Waals surface area (Å²) in [7, 11) is 2.66. The molecule has 2 aromatic carbocycles. The molecular formula is C28H30O9S2. The van der Waals surface area contributed by atoms with Gasteiger partial charge in [0.15, 0.2) is 5.78 Å². The van der Waals surface area contributed by atoms with Crippen LogP contribution in [0.3, 0.4) is 0 Å². The lowest BCUT2D eigenvalue weighted by atomic mass is 10.1. The number of hydrogen-bond acceptors (Lipinski definition) is 11. The molecule has 0 saturated heterocycles. The molecule has 1 heterocycles. The molecule has 0 amide bonds. The molecule has 0 spiro atoms. The highest BCUT2D eigenvalue weighted by Gasteiger charge is 2.16. The van der Waals surface area contributed by atoms with Crippen molar-refractivity contribution in [2.75, 3.05) is 33.2 Å². The number of thioether (sulfide) groups is 1. The van der Waals surface area contributed by atoms with Gasteiger partial charge in [-0.1, -0.05) is 24.3 Å². The van der Waals surface area contributed by atoms with Crippen LogP contribution in [0.5, 0.6) is 0 Å². The Kier molecular flexibility index (Phi) is 13.2. The molecule has 0 bridgehead atoms.